The number of amides is 2. The molecule has 2 amide bonds. The highest BCUT2D eigenvalue weighted by atomic mass is 16.5. The van der Waals surface area contributed by atoms with Crippen LogP contribution in [0.3, 0.4) is 0 Å². The number of aliphatic hydroxyl groups is 1. The van der Waals surface area contributed by atoms with Crippen LogP contribution in [0.2, 0.25) is 0 Å². The summed E-state index contributed by atoms with van der Waals surface area (Å²) >= 11 is 0. The second-order valence-electron chi connectivity index (χ2n) is 8.62. The number of aliphatic carboxylic acids is 1. The maximum Gasteiger partial charge on any atom is 0.408 e. The summed E-state index contributed by atoms with van der Waals surface area (Å²) in [4.78, 5) is 37.1. The summed E-state index contributed by atoms with van der Waals surface area (Å²) in [6.45, 7) is -0.246. The number of nitrogens with one attached hydrogen (secondary N) is 2. The van der Waals surface area contributed by atoms with Crippen LogP contribution >= 0.6 is 0 Å². The van der Waals surface area contributed by atoms with E-state index in [1.54, 1.807) is 0 Å². The molecule has 0 spiro atoms. The molecule has 0 aromatic heterocycles. The number of carboxylic acid groups (broad SMARTS) is 1. The number of benzene rings is 2. The summed E-state index contributed by atoms with van der Waals surface area (Å²) < 4.78 is 5.59. The van der Waals surface area contributed by atoms with Crippen LogP contribution in [0.1, 0.15) is 49.1 Å². The van der Waals surface area contributed by atoms with Crippen LogP contribution in [-0.2, 0) is 14.3 Å². The molecule has 0 saturated heterocycles. The third-order valence-electron chi connectivity index (χ3n) is 6.60. The predicted molar refractivity (Wildman–Crippen MR) is 121 cm³/mol. The largest absolute Gasteiger partial charge is 0.480 e. The predicted octanol–water partition coefficient (Wildman–Crippen LogP) is 2.79. The quantitative estimate of drug-likeness (QED) is 0.488. The number of aliphatic hydroxyl groups excluding tert-OH is 1. The maximum atomic E-state index is 13.0. The maximum absolute atomic E-state index is 13.0. The van der Waals surface area contributed by atoms with Crippen molar-refractivity contribution in [2.24, 2.45) is 0 Å². The number of fused-ring (bicyclic) bond motifs is 3. The third kappa shape index (κ3) is 4.57. The highest BCUT2D eigenvalue weighted by Gasteiger charge is 2.44. The van der Waals surface area contributed by atoms with Gasteiger partial charge >= 0.3 is 12.1 Å². The lowest BCUT2D eigenvalue weighted by Gasteiger charge is -2.30. The van der Waals surface area contributed by atoms with Crippen molar-refractivity contribution in [2.45, 2.75) is 49.6 Å². The molecule has 2 aliphatic carbocycles. The summed E-state index contributed by atoms with van der Waals surface area (Å²) in [5.41, 5.74) is 3.21. The van der Waals surface area contributed by atoms with Crippen LogP contribution in [0, 0.1) is 0 Å². The fourth-order valence-electron chi connectivity index (χ4n) is 4.90. The van der Waals surface area contributed by atoms with Gasteiger partial charge in [0.15, 0.2) is 0 Å². The van der Waals surface area contributed by atoms with E-state index in [0.717, 1.165) is 35.1 Å². The van der Waals surface area contributed by atoms with Crippen molar-refractivity contribution >= 4 is 18.0 Å². The van der Waals surface area contributed by atoms with Gasteiger partial charge in [-0.25, -0.2) is 9.59 Å². The third-order valence-corrected chi connectivity index (χ3v) is 6.60. The zero-order chi connectivity index (χ0) is 23.4. The van der Waals surface area contributed by atoms with E-state index in [-0.39, 0.29) is 25.6 Å². The normalized spacial score (nSPS) is 17.0. The summed E-state index contributed by atoms with van der Waals surface area (Å²) in [5.74, 6) is -1.89. The van der Waals surface area contributed by atoms with E-state index in [0.29, 0.717) is 12.8 Å². The molecular weight excluding hydrogens is 424 g/mol. The van der Waals surface area contributed by atoms with Gasteiger partial charge in [0.1, 0.15) is 18.2 Å². The van der Waals surface area contributed by atoms with Crippen molar-refractivity contribution in [3.05, 3.63) is 59.7 Å². The van der Waals surface area contributed by atoms with Crippen molar-refractivity contribution in [2.75, 3.05) is 13.2 Å². The second-order valence-corrected chi connectivity index (χ2v) is 8.62. The molecule has 0 aliphatic heterocycles. The first kappa shape index (κ1) is 22.8. The zero-order valence-electron chi connectivity index (χ0n) is 18.3. The number of ether oxygens (including phenoxy) is 1. The van der Waals surface area contributed by atoms with Crippen molar-refractivity contribution in [1.82, 2.24) is 10.6 Å². The number of carbonyl (C=O) groups excluding carboxylic acids is 2. The molecule has 2 aliphatic rings. The molecule has 8 nitrogen and oxygen atoms in total. The van der Waals surface area contributed by atoms with Crippen LogP contribution in [0.4, 0.5) is 4.79 Å². The summed E-state index contributed by atoms with van der Waals surface area (Å²) in [6.07, 6.45) is 1.44. The first-order valence-corrected chi connectivity index (χ1v) is 11.2. The first-order chi connectivity index (χ1) is 15.9. The molecule has 1 saturated carbocycles. The number of hydrogen-bond acceptors (Lipinski definition) is 5. The number of hydrogen-bond donors (Lipinski definition) is 4. The molecule has 0 heterocycles. The van der Waals surface area contributed by atoms with Gasteiger partial charge in [-0.3, -0.25) is 4.79 Å². The average molecular weight is 453 g/mol. The molecule has 174 valence electrons. The Morgan fingerprint density at radius 3 is 2.12 bits per heavy atom. The van der Waals surface area contributed by atoms with Gasteiger partial charge in [0.05, 0.1) is 0 Å². The number of rotatable bonds is 8. The molecule has 1 atom stereocenters. The smallest absolute Gasteiger partial charge is 0.408 e. The van der Waals surface area contributed by atoms with Crippen molar-refractivity contribution < 1.29 is 29.3 Å². The topological polar surface area (TPSA) is 125 Å². The number of carbonyl (C=O) groups is 3. The average Bonchev–Trinajstić information content (AvgIpc) is 3.41. The van der Waals surface area contributed by atoms with Crippen LogP contribution in [0.25, 0.3) is 11.1 Å². The molecular formula is C25H28N2O6. The Balaban J connectivity index is 1.44. The highest BCUT2D eigenvalue weighted by molar-refractivity contribution is 5.93. The summed E-state index contributed by atoms with van der Waals surface area (Å²) in [7, 11) is 0. The highest BCUT2D eigenvalue weighted by Crippen LogP contribution is 2.44. The number of alkyl carbamates (subject to hydrolysis) is 1. The van der Waals surface area contributed by atoms with E-state index >= 15 is 0 Å². The van der Waals surface area contributed by atoms with Gasteiger partial charge in [-0.05, 0) is 35.1 Å². The van der Waals surface area contributed by atoms with Crippen molar-refractivity contribution in [1.29, 1.82) is 0 Å². The first-order valence-electron chi connectivity index (χ1n) is 11.2. The molecule has 1 fully saturated rings. The lowest BCUT2D eigenvalue weighted by Crippen LogP contribution is -2.60. The van der Waals surface area contributed by atoms with Gasteiger partial charge in [0.2, 0.25) is 5.91 Å². The minimum absolute atomic E-state index is 0.0996. The zero-order valence-corrected chi connectivity index (χ0v) is 18.3. The monoisotopic (exact) mass is 452 g/mol. The lowest BCUT2D eigenvalue weighted by atomic mass is 9.95. The Hall–Kier alpha value is -3.39. The molecule has 4 N–H and O–H groups in total. The fourth-order valence-corrected chi connectivity index (χ4v) is 4.90. The molecule has 0 bridgehead atoms. The van der Waals surface area contributed by atoms with Crippen LogP contribution < -0.4 is 10.6 Å². The molecule has 2 aromatic rings. The van der Waals surface area contributed by atoms with Crippen molar-refractivity contribution in [3.63, 3.8) is 0 Å². The van der Waals surface area contributed by atoms with E-state index in [2.05, 4.69) is 22.8 Å². The van der Waals surface area contributed by atoms with Gasteiger partial charge in [-0.15, -0.1) is 0 Å². The van der Waals surface area contributed by atoms with Crippen molar-refractivity contribution in [3.8, 4) is 11.1 Å². The van der Waals surface area contributed by atoms with Gasteiger partial charge in [-0.2, -0.15) is 0 Å². The van der Waals surface area contributed by atoms with Gasteiger partial charge in [-0.1, -0.05) is 61.4 Å². The van der Waals surface area contributed by atoms with Gasteiger partial charge in [0, 0.05) is 18.9 Å². The Morgan fingerprint density at radius 2 is 1.58 bits per heavy atom. The molecule has 33 heavy (non-hydrogen) atoms. The Bertz CT molecular complexity index is 1000. The minimum atomic E-state index is -1.23. The molecule has 4 rings (SSSR count). The minimum Gasteiger partial charge on any atom is -0.480 e. The summed E-state index contributed by atoms with van der Waals surface area (Å²) in [5, 5.41) is 23.6. The van der Waals surface area contributed by atoms with Gasteiger partial charge < -0.3 is 25.6 Å². The molecule has 2 aromatic carbocycles. The Labute approximate surface area is 192 Å². The van der Waals surface area contributed by atoms with E-state index in [4.69, 9.17) is 9.84 Å². The molecule has 8 heteroatoms. The number of carboxylic acids is 1. The van der Waals surface area contributed by atoms with Crippen LogP contribution in [-0.4, -0.2) is 53.0 Å². The van der Waals surface area contributed by atoms with Crippen LogP contribution in [0.5, 0.6) is 0 Å². The second kappa shape index (κ2) is 9.62. The molecule has 0 unspecified atom stereocenters. The van der Waals surface area contributed by atoms with Crippen LogP contribution in [0.15, 0.2) is 48.5 Å². The standard InChI is InChI=1S/C25H28N2O6/c28-14-11-21(22(29)30)26-23(31)25(12-5-6-13-25)27-24(32)33-15-20-18-9-3-1-7-16(18)17-8-2-4-10-19(17)20/h1-4,7-10,20-21,28H,5-6,11-15H2,(H,26,31)(H,27,32)(H,29,30)/t21-/m1/s1. The fraction of sp³-hybridized carbons (Fsp3) is 0.400. The van der Waals surface area contributed by atoms with E-state index in [1.807, 2.05) is 36.4 Å². The Kier molecular flexibility index (Phi) is 6.65. The van der Waals surface area contributed by atoms with E-state index in [9.17, 15) is 19.5 Å². The van der Waals surface area contributed by atoms with Gasteiger partial charge in [0.25, 0.3) is 0 Å². The Morgan fingerprint density at radius 1 is 1.00 bits per heavy atom. The SMILES string of the molecule is O=C(NC1(C(=O)N[C@H](CCO)C(=O)O)CCCC1)OCC1c2ccccc2-c2ccccc21. The molecule has 0 radical (unpaired) electrons. The van der Waals surface area contributed by atoms with E-state index in [1.165, 1.54) is 0 Å². The summed E-state index contributed by atoms with van der Waals surface area (Å²) in [6, 6.07) is 14.8. The lowest BCUT2D eigenvalue weighted by molar-refractivity contribution is -0.143. The van der Waals surface area contributed by atoms with E-state index < -0.39 is 29.6 Å².